The Morgan fingerprint density at radius 2 is 2.04 bits per heavy atom. The van der Waals surface area contributed by atoms with Gasteiger partial charge in [0.05, 0.1) is 5.54 Å². The van der Waals surface area contributed by atoms with Gasteiger partial charge in [-0.1, -0.05) is 31.4 Å². The molecule has 0 saturated carbocycles. The molecule has 3 heteroatoms. The number of unbranched alkanes of at least 4 members (excludes halogenated alkanes) is 2. The molecule has 24 heavy (non-hydrogen) atoms. The summed E-state index contributed by atoms with van der Waals surface area (Å²) in [7, 11) is 0. The molecule has 2 aliphatic rings. The van der Waals surface area contributed by atoms with Gasteiger partial charge in [0.1, 0.15) is 17.1 Å². The Bertz CT molecular complexity index is 662. The third-order valence-corrected chi connectivity index (χ3v) is 5.99. The van der Waals surface area contributed by atoms with Crippen LogP contribution in [0.4, 0.5) is 0 Å². The first-order valence-corrected chi connectivity index (χ1v) is 9.29. The minimum absolute atomic E-state index is 0.00897. The molecule has 2 atom stereocenters. The zero-order chi connectivity index (χ0) is 17.5. The van der Waals surface area contributed by atoms with Gasteiger partial charge in [-0.15, -0.1) is 0 Å². The summed E-state index contributed by atoms with van der Waals surface area (Å²) in [4.78, 5) is 0. The number of hydrogen-bond acceptors (Lipinski definition) is 3. The van der Waals surface area contributed by atoms with E-state index in [1.807, 2.05) is 6.07 Å². The highest BCUT2D eigenvalue weighted by Crippen LogP contribution is 2.54. The highest BCUT2D eigenvalue weighted by Gasteiger charge is 2.55. The Hall–Kier alpha value is -1.48. The summed E-state index contributed by atoms with van der Waals surface area (Å²) in [6, 6.07) is 4.03. The minimum Gasteiger partial charge on any atom is -0.507 e. The fourth-order valence-corrected chi connectivity index (χ4v) is 4.25. The highest BCUT2D eigenvalue weighted by atomic mass is 16.5. The first-order chi connectivity index (χ1) is 11.3. The summed E-state index contributed by atoms with van der Waals surface area (Å²) in [6.45, 7) is 8.52. The van der Waals surface area contributed by atoms with Gasteiger partial charge in [0.2, 0.25) is 0 Å². The number of hydrogen-bond donors (Lipinski definition) is 2. The summed E-state index contributed by atoms with van der Waals surface area (Å²) in [6.07, 6.45) is 8.63. The van der Waals surface area contributed by atoms with Crippen LogP contribution in [-0.4, -0.2) is 16.2 Å². The van der Waals surface area contributed by atoms with E-state index in [2.05, 4.69) is 39.8 Å². The number of benzene rings is 1. The molecule has 1 aromatic rings. The van der Waals surface area contributed by atoms with E-state index in [1.165, 1.54) is 18.4 Å². The molecule has 3 nitrogen and oxygen atoms in total. The molecule has 0 amide bonds. The van der Waals surface area contributed by atoms with E-state index in [9.17, 15) is 5.11 Å². The SMILES string of the molecule is CCCCCc1cc(O)c2c(c1)OC(C)(C)C1(N)CCC(C)=CC21. The molecule has 2 unspecified atom stereocenters. The van der Waals surface area contributed by atoms with Gasteiger partial charge >= 0.3 is 0 Å². The number of phenols is 1. The predicted octanol–water partition coefficient (Wildman–Crippen LogP) is 4.82. The van der Waals surface area contributed by atoms with Gasteiger partial charge in [0.15, 0.2) is 0 Å². The van der Waals surface area contributed by atoms with Crippen LogP contribution in [0.5, 0.6) is 11.5 Å². The summed E-state index contributed by atoms with van der Waals surface area (Å²) in [5.74, 6) is 1.15. The zero-order valence-electron chi connectivity index (χ0n) is 15.5. The van der Waals surface area contributed by atoms with Crippen LogP contribution in [0.3, 0.4) is 0 Å². The quantitative estimate of drug-likeness (QED) is 0.615. The van der Waals surface area contributed by atoms with Crippen LogP contribution in [0.15, 0.2) is 23.8 Å². The van der Waals surface area contributed by atoms with Gasteiger partial charge in [-0.05, 0) is 64.2 Å². The molecule has 0 spiro atoms. The number of ether oxygens (including phenoxy) is 1. The van der Waals surface area contributed by atoms with Crippen LogP contribution < -0.4 is 10.5 Å². The lowest BCUT2D eigenvalue weighted by molar-refractivity contribution is -0.0113. The second-order valence-electron chi connectivity index (χ2n) is 8.13. The maximum absolute atomic E-state index is 10.7. The standard InChI is InChI=1S/C21H31NO2/c1-5-6-7-8-15-12-17(23)19-16-11-14(2)9-10-21(16,22)20(3,4)24-18(19)13-15/h11-13,16,23H,5-10,22H2,1-4H3. The first-order valence-electron chi connectivity index (χ1n) is 9.29. The number of aromatic hydroxyl groups is 1. The average Bonchev–Trinajstić information content (AvgIpc) is 2.49. The Labute approximate surface area is 145 Å². The number of nitrogens with two attached hydrogens (primary N) is 1. The molecule has 0 bridgehead atoms. The fraction of sp³-hybridized carbons (Fsp3) is 0.619. The molecule has 0 fully saturated rings. The Balaban J connectivity index is 2.05. The highest BCUT2D eigenvalue weighted by molar-refractivity contribution is 5.56. The van der Waals surface area contributed by atoms with Crippen LogP contribution in [0.25, 0.3) is 0 Å². The largest absolute Gasteiger partial charge is 0.507 e. The molecule has 1 aromatic carbocycles. The molecule has 0 aromatic heterocycles. The smallest absolute Gasteiger partial charge is 0.128 e. The van der Waals surface area contributed by atoms with Crippen molar-refractivity contribution in [3.8, 4) is 11.5 Å². The summed E-state index contributed by atoms with van der Waals surface area (Å²) >= 11 is 0. The summed E-state index contributed by atoms with van der Waals surface area (Å²) in [5, 5.41) is 10.7. The molecule has 3 N–H and O–H groups in total. The summed E-state index contributed by atoms with van der Waals surface area (Å²) in [5.41, 5.74) is 9.26. The van der Waals surface area contributed by atoms with Gasteiger partial charge in [0.25, 0.3) is 0 Å². The van der Waals surface area contributed by atoms with Crippen LogP contribution in [0.2, 0.25) is 0 Å². The number of allylic oxidation sites excluding steroid dienone is 1. The van der Waals surface area contributed by atoms with E-state index in [1.54, 1.807) is 0 Å². The van der Waals surface area contributed by atoms with Crippen molar-refractivity contribution in [1.29, 1.82) is 0 Å². The molecular formula is C21H31NO2. The second-order valence-corrected chi connectivity index (χ2v) is 8.13. The van der Waals surface area contributed by atoms with Crippen molar-refractivity contribution in [2.24, 2.45) is 5.73 Å². The van der Waals surface area contributed by atoms with E-state index in [0.29, 0.717) is 5.75 Å². The first kappa shape index (κ1) is 17.3. The van der Waals surface area contributed by atoms with E-state index >= 15 is 0 Å². The zero-order valence-corrected chi connectivity index (χ0v) is 15.5. The third-order valence-electron chi connectivity index (χ3n) is 5.99. The van der Waals surface area contributed by atoms with Gasteiger partial charge in [-0.2, -0.15) is 0 Å². The van der Waals surface area contributed by atoms with Crippen molar-refractivity contribution in [3.63, 3.8) is 0 Å². The lowest BCUT2D eigenvalue weighted by atomic mass is 9.62. The van der Waals surface area contributed by atoms with Crippen molar-refractivity contribution in [3.05, 3.63) is 34.9 Å². The van der Waals surface area contributed by atoms with Crippen LogP contribution >= 0.6 is 0 Å². The van der Waals surface area contributed by atoms with Crippen LogP contribution in [0.1, 0.15) is 76.8 Å². The minimum atomic E-state index is -0.485. The van der Waals surface area contributed by atoms with E-state index in [-0.39, 0.29) is 5.92 Å². The van der Waals surface area contributed by atoms with Crippen molar-refractivity contribution in [1.82, 2.24) is 0 Å². The maximum Gasteiger partial charge on any atom is 0.128 e. The van der Waals surface area contributed by atoms with Crippen LogP contribution in [-0.2, 0) is 6.42 Å². The number of aryl methyl sites for hydroxylation is 1. The number of rotatable bonds is 4. The molecule has 0 radical (unpaired) electrons. The molecule has 1 heterocycles. The van der Waals surface area contributed by atoms with Gasteiger partial charge in [-0.25, -0.2) is 0 Å². The van der Waals surface area contributed by atoms with Crippen molar-refractivity contribution in [2.45, 2.75) is 83.3 Å². The van der Waals surface area contributed by atoms with Crippen molar-refractivity contribution < 1.29 is 9.84 Å². The lowest BCUT2D eigenvalue weighted by Gasteiger charge is -2.54. The predicted molar refractivity (Wildman–Crippen MR) is 98.7 cm³/mol. The molecule has 132 valence electrons. The summed E-state index contributed by atoms with van der Waals surface area (Å²) < 4.78 is 6.34. The Morgan fingerprint density at radius 1 is 1.29 bits per heavy atom. The molecule has 1 aliphatic heterocycles. The number of phenolic OH excluding ortho intramolecular Hbond substituents is 1. The molecule has 1 aliphatic carbocycles. The van der Waals surface area contributed by atoms with E-state index in [0.717, 1.165) is 42.6 Å². The third kappa shape index (κ3) is 2.73. The van der Waals surface area contributed by atoms with Crippen molar-refractivity contribution in [2.75, 3.05) is 0 Å². The van der Waals surface area contributed by atoms with Gasteiger partial charge < -0.3 is 15.6 Å². The average molecular weight is 329 g/mol. The maximum atomic E-state index is 10.7. The molecular weight excluding hydrogens is 298 g/mol. The number of fused-ring (bicyclic) bond motifs is 3. The van der Waals surface area contributed by atoms with Crippen LogP contribution in [0, 0.1) is 0 Å². The topological polar surface area (TPSA) is 55.5 Å². The monoisotopic (exact) mass is 329 g/mol. The van der Waals surface area contributed by atoms with Crippen molar-refractivity contribution >= 4 is 0 Å². The molecule has 0 saturated heterocycles. The molecule has 3 rings (SSSR count). The Kier molecular flexibility index (Phi) is 4.41. The van der Waals surface area contributed by atoms with E-state index < -0.39 is 11.1 Å². The second kappa shape index (κ2) is 6.11. The van der Waals surface area contributed by atoms with E-state index in [4.69, 9.17) is 10.5 Å². The normalized spacial score (nSPS) is 27.7. The van der Waals surface area contributed by atoms with Gasteiger partial charge in [0, 0.05) is 11.5 Å². The lowest BCUT2D eigenvalue weighted by Crippen LogP contribution is -2.66. The van der Waals surface area contributed by atoms with Gasteiger partial charge in [-0.3, -0.25) is 0 Å². The fourth-order valence-electron chi connectivity index (χ4n) is 4.25. The Morgan fingerprint density at radius 3 is 2.75 bits per heavy atom.